The van der Waals surface area contributed by atoms with Gasteiger partial charge in [0, 0.05) is 35.6 Å². The minimum Gasteiger partial charge on any atom is -0.348 e. The van der Waals surface area contributed by atoms with Gasteiger partial charge in [0.1, 0.15) is 5.82 Å². The molecule has 0 fully saturated rings. The van der Waals surface area contributed by atoms with E-state index in [1.807, 2.05) is 49.6 Å². The summed E-state index contributed by atoms with van der Waals surface area (Å²) < 4.78 is 13.3. The van der Waals surface area contributed by atoms with Crippen molar-refractivity contribution in [1.82, 2.24) is 20.5 Å². The smallest absolute Gasteiger partial charge is 0.251 e. The molecule has 2 N–H and O–H groups in total. The van der Waals surface area contributed by atoms with Gasteiger partial charge < -0.3 is 5.32 Å². The summed E-state index contributed by atoms with van der Waals surface area (Å²) >= 11 is 0. The Balaban J connectivity index is 1.49. The molecule has 0 aliphatic rings. The summed E-state index contributed by atoms with van der Waals surface area (Å²) in [4.78, 5) is 16.3. The molecule has 2 aromatic heterocycles. The first-order valence-electron chi connectivity index (χ1n) is 9.19. The van der Waals surface area contributed by atoms with Gasteiger partial charge in [-0.3, -0.25) is 14.9 Å². The fraction of sp³-hybridized carbons (Fsp3) is 0.0870. The van der Waals surface area contributed by atoms with Gasteiger partial charge >= 0.3 is 0 Å². The molecule has 2 aromatic carbocycles. The predicted octanol–water partition coefficient (Wildman–Crippen LogP) is 4.52. The summed E-state index contributed by atoms with van der Waals surface area (Å²) in [5.74, 6) is -0.737. The van der Waals surface area contributed by atoms with Crippen LogP contribution in [0.1, 0.15) is 21.5 Å². The van der Waals surface area contributed by atoms with E-state index in [1.54, 1.807) is 12.3 Å². The number of benzene rings is 2. The van der Waals surface area contributed by atoms with Crippen LogP contribution in [0.3, 0.4) is 0 Å². The monoisotopic (exact) mass is 386 g/mol. The molecule has 5 nitrogen and oxygen atoms in total. The summed E-state index contributed by atoms with van der Waals surface area (Å²) in [6.07, 6.45) is 5.41. The van der Waals surface area contributed by atoms with E-state index in [-0.39, 0.29) is 5.91 Å². The molecule has 0 aliphatic carbocycles. The van der Waals surface area contributed by atoms with Crippen molar-refractivity contribution in [3.8, 4) is 22.4 Å². The Morgan fingerprint density at radius 1 is 1.07 bits per heavy atom. The van der Waals surface area contributed by atoms with Gasteiger partial charge in [0.2, 0.25) is 0 Å². The largest absolute Gasteiger partial charge is 0.348 e. The van der Waals surface area contributed by atoms with E-state index >= 15 is 0 Å². The molecule has 0 saturated carbocycles. The molecule has 0 aliphatic heterocycles. The second kappa shape index (κ2) is 8.06. The molecule has 2 heterocycles. The lowest BCUT2D eigenvalue weighted by Gasteiger charge is -2.08. The fourth-order valence-electron chi connectivity index (χ4n) is 3.19. The van der Waals surface area contributed by atoms with E-state index in [0.717, 1.165) is 33.5 Å². The summed E-state index contributed by atoms with van der Waals surface area (Å²) in [5, 5.41) is 10.1. The number of aryl methyl sites for hydroxylation is 1. The van der Waals surface area contributed by atoms with E-state index in [2.05, 4.69) is 20.5 Å². The number of hydrogen-bond donors (Lipinski definition) is 2. The molecule has 0 radical (unpaired) electrons. The number of pyridine rings is 1. The van der Waals surface area contributed by atoms with Crippen LogP contribution in [0.15, 0.2) is 73.2 Å². The first-order chi connectivity index (χ1) is 14.1. The van der Waals surface area contributed by atoms with Crippen LogP contribution >= 0.6 is 0 Å². The molecule has 4 aromatic rings. The van der Waals surface area contributed by atoms with E-state index in [0.29, 0.717) is 12.1 Å². The lowest BCUT2D eigenvalue weighted by molar-refractivity contribution is 0.0950. The predicted molar refractivity (Wildman–Crippen MR) is 110 cm³/mol. The Hall–Kier alpha value is -3.80. The zero-order valence-electron chi connectivity index (χ0n) is 15.8. The molecule has 6 heteroatoms. The molecule has 144 valence electrons. The Kier molecular flexibility index (Phi) is 5.16. The van der Waals surface area contributed by atoms with Crippen LogP contribution in [0.4, 0.5) is 4.39 Å². The van der Waals surface area contributed by atoms with Gasteiger partial charge in [-0.15, -0.1) is 0 Å². The number of halogens is 1. The number of rotatable bonds is 5. The number of nitrogens with zero attached hydrogens (tertiary/aromatic N) is 2. The van der Waals surface area contributed by atoms with E-state index < -0.39 is 5.82 Å². The average Bonchev–Trinajstić information content (AvgIpc) is 3.22. The van der Waals surface area contributed by atoms with Gasteiger partial charge in [-0.25, -0.2) is 4.39 Å². The topological polar surface area (TPSA) is 70.7 Å². The van der Waals surface area contributed by atoms with Gasteiger partial charge in [0.25, 0.3) is 5.91 Å². The second-order valence-corrected chi connectivity index (χ2v) is 6.74. The third-order valence-corrected chi connectivity index (χ3v) is 4.73. The molecule has 29 heavy (non-hydrogen) atoms. The number of aromatic amines is 1. The Morgan fingerprint density at radius 3 is 2.66 bits per heavy atom. The minimum atomic E-state index is -0.429. The summed E-state index contributed by atoms with van der Waals surface area (Å²) in [6.45, 7) is 2.37. The number of hydrogen-bond acceptors (Lipinski definition) is 3. The lowest BCUT2D eigenvalue weighted by Crippen LogP contribution is -2.22. The van der Waals surface area contributed by atoms with Gasteiger partial charge in [0.15, 0.2) is 0 Å². The number of aromatic nitrogens is 3. The highest BCUT2D eigenvalue weighted by Crippen LogP contribution is 2.31. The SMILES string of the molecule is Cc1cnccc1-c1cn[nH]c1-c1ccc(CNC(=O)c2cccc(F)c2)cc1. The number of carbonyl (C=O) groups excluding carboxylic acids is 1. The molecule has 0 bridgehead atoms. The van der Waals surface area contributed by atoms with Crippen molar-refractivity contribution in [2.45, 2.75) is 13.5 Å². The maximum absolute atomic E-state index is 13.3. The summed E-state index contributed by atoms with van der Waals surface area (Å²) in [7, 11) is 0. The third kappa shape index (κ3) is 4.06. The van der Waals surface area contributed by atoms with Crippen LogP contribution in [-0.2, 0) is 6.54 Å². The van der Waals surface area contributed by atoms with E-state index in [9.17, 15) is 9.18 Å². The Morgan fingerprint density at radius 2 is 1.90 bits per heavy atom. The number of nitrogens with one attached hydrogen (secondary N) is 2. The number of carbonyl (C=O) groups is 1. The van der Waals surface area contributed by atoms with Gasteiger partial charge in [0.05, 0.1) is 11.9 Å². The fourth-order valence-corrected chi connectivity index (χ4v) is 3.19. The summed E-state index contributed by atoms with van der Waals surface area (Å²) in [6, 6.07) is 15.5. The second-order valence-electron chi connectivity index (χ2n) is 6.74. The molecule has 4 rings (SSSR count). The van der Waals surface area contributed by atoms with Crippen molar-refractivity contribution in [2.75, 3.05) is 0 Å². The molecular weight excluding hydrogens is 367 g/mol. The van der Waals surface area contributed by atoms with Crippen LogP contribution in [0.2, 0.25) is 0 Å². The molecule has 0 unspecified atom stereocenters. The zero-order valence-corrected chi connectivity index (χ0v) is 15.8. The molecule has 0 saturated heterocycles. The highest BCUT2D eigenvalue weighted by atomic mass is 19.1. The maximum atomic E-state index is 13.3. The highest BCUT2D eigenvalue weighted by molar-refractivity contribution is 5.94. The standard InChI is InChI=1S/C23H19FN4O/c1-15-12-25-10-9-20(15)21-14-27-28-22(21)17-7-5-16(6-8-17)13-26-23(29)18-3-2-4-19(24)11-18/h2-12,14H,13H2,1H3,(H,26,29)(H,27,28). The summed E-state index contributed by atoms with van der Waals surface area (Å²) in [5.41, 5.74) is 6.33. The quantitative estimate of drug-likeness (QED) is 0.530. The third-order valence-electron chi connectivity index (χ3n) is 4.73. The van der Waals surface area contributed by atoms with Crippen molar-refractivity contribution >= 4 is 5.91 Å². The number of H-pyrrole nitrogens is 1. The van der Waals surface area contributed by atoms with Crippen LogP contribution in [0.25, 0.3) is 22.4 Å². The van der Waals surface area contributed by atoms with Crippen LogP contribution in [0.5, 0.6) is 0 Å². The zero-order chi connectivity index (χ0) is 20.2. The van der Waals surface area contributed by atoms with Crippen molar-refractivity contribution in [3.05, 3.63) is 95.7 Å². The van der Waals surface area contributed by atoms with Gasteiger partial charge in [-0.05, 0) is 47.9 Å². The molecule has 0 spiro atoms. The van der Waals surface area contributed by atoms with Crippen LogP contribution in [0, 0.1) is 12.7 Å². The normalized spacial score (nSPS) is 10.7. The first-order valence-corrected chi connectivity index (χ1v) is 9.19. The molecule has 1 amide bonds. The van der Waals surface area contributed by atoms with Crippen molar-refractivity contribution in [2.24, 2.45) is 0 Å². The van der Waals surface area contributed by atoms with Crippen molar-refractivity contribution < 1.29 is 9.18 Å². The maximum Gasteiger partial charge on any atom is 0.251 e. The first kappa shape index (κ1) is 18.6. The van der Waals surface area contributed by atoms with E-state index in [4.69, 9.17) is 0 Å². The van der Waals surface area contributed by atoms with Crippen molar-refractivity contribution in [1.29, 1.82) is 0 Å². The van der Waals surface area contributed by atoms with E-state index in [1.165, 1.54) is 18.2 Å². The van der Waals surface area contributed by atoms with Gasteiger partial charge in [-0.1, -0.05) is 30.3 Å². The molecular formula is C23H19FN4O. The lowest BCUT2D eigenvalue weighted by atomic mass is 9.99. The Bertz CT molecular complexity index is 1150. The Labute approximate surface area is 167 Å². The van der Waals surface area contributed by atoms with Crippen LogP contribution in [-0.4, -0.2) is 21.1 Å². The van der Waals surface area contributed by atoms with Crippen LogP contribution < -0.4 is 5.32 Å². The highest BCUT2D eigenvalue weighted by Gasteiger charge is 2.12. The number of amides is 1. The molecule has 0 atom stereocenters. The average molecular weight is 386 g/mol. The minimum absolute atomic E-state index is 0.302. The van der Waals surface area contributed by atoms with Crippen molar-refractivity contribution in [3.63, 3.8) is 0 Å². The van der Waals surface area contributed by atoms with Gasteiger partial charge in [-0.2, -0.15) is 5.10 Å².